The van der Waals surface area contributed by atoms with Crippen LogP contribution in [0, 0.1) is 5.92 Å². The van der Waals surface area contributed by atoms with E-state index in [1.165, 1.54) is 19.3 Å². The SMILES string of the molecule is CCCC1CC1NC(=O)[C@H]1CSCN1.Cl. The minimum atomic E-state index is 0. The molecule has 1 saturated carbocycles. The lowest BCUT2D eigenvalue weighted by molar-refractivity contribution is -0.122. The fraction of sp³-hybridized carbons (Fsp3) is 0.900. The van der Waals surface area contributed by atoms with Crippen molar-refractivity contribution in [2.75, 3.05) is 11.6 Å². The monoisotopic (exact) mass is 250 g/mol. The predicted molar refractivity (Wildman–Crippen MR) is 66.4 cm³/mol. The molecule has 2 rings (SSSR count). The molecular weight excluding hydrogens is 232 g/mol. The number of nitrogens with one attached hydrogen (secondary N) is 2. The van der Waals surface area contributed by atoms with Crippen LogP contribution in [-0.2, 0) is 4.79 Å². The van der Waals surface area contributed by atoms with Gasteiger partial charge in [-0.05, 0) is 18.8 Å². The van der Waals surface area contributed by atoms with Crippen molar-refractivity contribution in [1.29, 1.82) is 0 Å². The van der Waals surface area contributed by atoms with Gasteiger partial charge in [-0.3, -0.25) is 10.1 Å². The van der Waals surface area contributed by atoms with Crippen molar-refractivity contribution in [3.05, 3.63) is 0 Å². The fourth-order valence-corrected chi connectivity index (χ4v) is 2.90. The molecule has 2 unspecified atom stereocenters. The first-order valence-electron chi connectivity index (χ1n) is 5.42. The Morgan fingerprint density at radius 1 is 1.60 bits per heavy atom. The molecule has 2 fully saturated rings. The maximum absolute atomic E-state index is 11.7. The molecule has 5 heteroatoms. The topological polar surface area (TPSA) is 41.1 Å². The summed E-state index contributed by atoms with van der Waals surface area (Å²) in [5.41, 5.74) is 0. The van der Waals surface area contributed by atoms with E-state index in [0.717, 1.165) is 17.5 Å². The van der Waals surface area contributed by atoms with Gasteiger partial charge in [-0.15, -0.1) is 24.2 Å². The van der Waals surface area contributed by atoms with Crippen molar-refractivity contribution in [2.24, 2.45) is 5.92 Å². The lowest BCUT2D eigenvalue weighted by Crippen LogP contribution is -2.43. The van der Waals surface area contributed by atoms with Crippen LogP contribution < -0.4 is 10.6 Å². The van der Waals surface area contributed by atoms with E-state index in [1.54, 1.807) is 11.8 Å². The van der Waals surface area contributed by atoms with Crippen LogP contribution in [0.25, 0.3) is 0 Å². The predicted octanol–water partition coefficient (Wildman–Crippen LogP) is 1.38. The number of carbonyl (C=O) groups is 1. The Kier molecular flexibility index (Phi) is 5.23. The lowest BCUT2D eigenvalue weighted by atomic mass is 10.2. The van der Waals surface area contributed by atoms with E-state index in [4.69, 9.17) is 0 Å². The molecule has 2 aliphatic rings. The Hall–Kier alpha value is 0.0700. The molecule has 15 heavy (non-hydrogen) atoms. The van der Waals surface area contributed by atoms with Gasteiger partial charge in [0.15, 0.2) is 0 Å². The molecule has 0 radical (unpaired) electrons. The van der Waals surface area contributed by atoms with Gasteiger partial charge in [-0.2, -0.15) is 0 Å². The molecule has 1 amide bonds. The van der Waals surface area contributed by atoms with Crippen LogP contribution in [0.3, 0.4) is 0 Å². The molecule has 88 valence electrons. The van der Waals surface area contributed by atoms with Gasteiger partial charge in [-0.1, -0.05) is 13.3 Å². The highest BCUT2D eigenvalue weighted by molar-refractivity contribution is 7.99. The number of halogens is 1. The Morgan fingerprint density at radius 3 is 3.00 bits per heavy atom. The zero-order valence-electron chi connectivity index (χ0n) is 8.99. The first-order valence-corrected chi connectivity index (χ1v) is 6.58. The van der Waals surface area contributed by atoms with Crippen LogP contribution in [0.4, 0.5) is 0 Å². The normalized spacial score (nSPS) is 33.3. The summed E-state index contributed by atoms with van der Waals surface area (Å²) in [5.74, 6) is 2.81. The van der Waals surface area contributed by atoms with Crippen LogP contribution in [0.2, 0.25) is 0 Å². The van der Waals surface area contributed by atoms with Crippen LogP contribution in [-0.4, -0.2) is 29.6 Å². The summed E-state index contributed by atoms with van der Waals surface area (Å²) in [6, 6.07) is 0.540. The molecule has 3 atom stereocenters. The highest BCUT2D eigenvalue weighted by Gasteiger charge is 2.38. The molecule has 1 heterocycles. The first kappa shape index (κ1) is 13.1. The van der Waals surface area contributed by atoms with Crippen molar-refractivity contribution in [1.82, 2.24) is 10.6 Å². The molecule has 0 aromatic rings. The van der Waals surface area contributed by atoms with Crippen molar-refractivity contribution in [3.63, 3.8) is 0 Å². The Morgan fingerprint density at radius 2 is 2.40 bits per heavy atom. The van der Waals surface area contributed by atoms with Gasteiger partial charge in [0, 0.05) is 17.7 Å². The molecule has 0 bridgehead atoms. The van der Waals surface area contributed by atoms with Crippen molar-refractivity contribution >= 4 is 30.1 Å². The number of carbonyl (C=O) groups excluding carboxylic acids is 1. The third-order valence-corrected chi connectivity index (χ3v) is 3.88. The summed E-state index contributed by atoms with van der Waals surface area (Å²) in [5, 5.41) is 6.30. The molecule has 3 nitrogen and oxygen atoms in total. The van der Waals surface area contributed by atoms with Crippen LogP contribution in [0.15, 0.2) is 0 Å². The average molecular weight is 251 g/mol. The standard InChI is InChI=1S/C10H18N2OS.ClH/c1-2-3-7-4-8(7)12-10(13)9-5-14-6-11-9;/h7-9,11H,2-6H2,1H3,(H,12,13);1H/t7?,8?,9-;/m1./s1. The van der Waals surface area contributed by atoms with E-state index < -0.39 is 0 Å². The number of hydrogen-bond acceptors (Lipinski definition) is 3. The summed E-state index contributed by atoms with van der Waals surface area (Å²) < 4.78 is 0. The van der Waals surface area contributed by atoms with Crippen molar-refractivity contribution in [3.8, 4) is 0 Å². The molecular formula is C10H19ClN2OS. The minimum Gasteiger partial charge on any atom is -0.352 e. The Balaban J connectivity index is 0.00000112. The number of rotatable bonds is 4. The van der Waals surface area contributed by atoms with Gasteiger partial charge in [-0.25, -0.2) is 0 Å². The van der Waals surface area contributed by atoms with E-state index in [9.17, 15) is 4.79 Å². The Labute approximate surface area is 102 Å². The second-order valence-corrected chi connectivity index (χ2v) is 5.20. The molecule has 0 aromatic heterocycles. The van der Waals surface area contributed by atoms with Gasteiger partial charge in [0.25, 0.3) is 0 Å². The van der Waals surface area contributed by atoms with Crippen molar-refractivity contribution < 1.29 is 4.79 Å². The quantitative estimate of drug-likeness (QED) is 0.792. The third kappa shape index (κ3) is 3.54. The highest BCUT2D eigenvalue weighted by Crippen LogP contribution is 2.34. The Bertz CT molecular complexity index is 221. The second kappa shape index (κ2) is 5.97. The minimum absolute atomic E-state index is 0. The first-order chi connectivity index (χ1) is 6.81. The van der Waals surface area contributed by atoms with E-state index >= 15 is 0 Å². The number of amides is 1. The van der Waals surface area contributed by atoms with E-state index in [0.29, 0.717) is 6.04 Å². The summed E-state index contributed by atoms with van der Waals surface area (Å²) >= 11 is 1.80. The van der Waals surface area contributed by atoms with E-state index in [2.05, 4.69) is 17.6 Å². The largest absolute Gasteiger partial charge is 0.352 e. The fourth-order valence-electron chi connectivity index (χ4n) is 1.96. The summed E-state index contributed by atoms with van der Waals surface area (Å²) in [4.78, 5) is 11.7. The molecule has 2 N–H and O–H groups in total. The molecule has 0 spiro atoms. The molecule has 1 saturated heterocycles. The third-order valence-electron chi connectivity index (χ3n) is 2.94. The summed E-state index contributed by atoms with van der Waals surface area (Å²) in [7, 11) is 0. The molecule has 1 aliphatic heterocycles. The van der Waals surface area contributed by atoms with E-state index in [-0.39, 0.29) is 24.4 Å². The number of hydrogen-bond donors (Lipinski definition) is 2. The zero-order valence-corrected chi connectivity index (χ0v) is 10.6. The van der Waals surface area contributed by atoms with Crippen LogP contribution in [0.5, 0.6) is 0 Å². The van der Waals surface area contributed by atoms with E-state index in [1.807, 2.05) is 0 Å². The second-order valence-electron chi connectivity index (χ2n) is 4.17. The van der Waals surface area contributed by atoms with Crippen LogP contribution >= 0.6 is 24.2 Å². The van der Waals surface area contributed by atoms with Gasteiger partial charge in [0.2, 0.25) is 5.91 Å². The molecule has 0 aromatic carbocycles. The van der Waals surface area contributed by atoms with Gasteiger partial charge in [0.05, 0.1) is 6.04 Å². The molecule has 1 aliphatic carbocycles. The average Bonchev–Trinajstić information content (AvgIpc) is 2.71. The lowest BCUT2D eigenvalue weighted by Gasteiger charge is -2.09. The smallest absolute Gasteiger partial charge is 0.238 e. The maximum Gasteiger partial charge on any atom is 0.238 e. The maximum atomic E-state index is 11.7. The highest BCUT2D eigenvalue weighted by atomic mass is 35.5. The van der Waals surface area contributed by atoms with Crippen LogP contribution in [0.1, 0.15) is 26.2 Å². The van der Waals surface area contributed by atoms with Gasteiger partial charge < -0.3 is 5.32 Å². The summed E-state index contributed by atoms with van der Waals surface area (Å²) in [6.45, 7) is 2.20. The van der Waals surface area contributed by atoms with Crippen molar-refractivity contribution in [2.45, 2.75) is 38.3 Å². The zero-order chi connectivity index (χ0) is 9.97. The van der Waals surface area contributed by atoms with Gasteiger partial charge >= 0.3 is 0 Å². The van der Waals surface area contributed by atoms with Gasteiger partial charge in [0.1, 0.15) is 0 Å². The summed E-state index contributed by atoms with van der Waals surface area (Å²) in [6.07, 6.45) is 3.69. The number of thioether (sulfide) groups is 1.